The molecule has 5 nitrogen and oxygen atoms in total. The lowest BCUT2D eigenvalue weighted by Crippen LogP contribution is -2.28. The predicted octanol–water partition coefficient (Wildman–Crippen LogP) is 5.16. The number of aromatic carboxylic acids is 1. The molecular formula is C25H23NO4S. The Morgan fingerprint density at radius 1 is 0.935 bits per heavy atom. The maximum Gasteiger partial charge on any atom is 0.407 e. The topological polar surface area (TPSA) is 75.6 Å². The van der Waals surface area contributed by atoms with Gasteiger partial charge in [-0.15, -0.1) is 0 Å². The third kappa shape index (κ3) is 4.91. The minimum atomic E-state index is -0.927. The van der Waals surface area contributed by atoms with Crippen LogP contribution in [0, 0.1) is 0 Å². The van der Waals surface area contributed by atoms with E-state index in [9.17, 15) is 9.59 Å². The summed E-state index contributed by atoms with van der Waals surface area (Å²) in [6.45, 7) is 0.787. The lowest BCUT2D eigenvalue weighted by atomic mass is 9.98. The Hall–Kier alpha value is -3.25. The van der Waals surface area contributed by atoms with Gasteiger partial charge in [-0.25, -0.2) is 9.59 Å². The van der Waals surface area contributed by atoms with E-state index in [2.05, 4.69) is 29.6 Å². The van der Waals surface area contributed by atoms with Gasteiger partial charge in [-0.3, -0.25) is 0 Å². The quantitative estimate of drug-likeness (QED) is 0.480. The van der Waals surface area contributed by atoms with E-state index in [1.165, 1.54) is 22.3 Å². The molecule has 0 radical (unpaired) electrons. The third-order valence-electron chi connectivity index (χ3n) is 5.30. The number of carboxylic acids is 1. The van der Waals surface area contributed by atoms with Crippen molar-refractivity contribution in [3.05, 3.63) is 95.1 Å². The van der Waals surface area contributed by atoms with Crippen LogP contribution in [0.5, 0.6) is 0 Å². The van der Waals surface area contributed by atoms with Crippen molar-refractivity contribution in [2.45, 2.75) is 11.7 Å². The van der Waals surface area contributed by atoms with E-state index in [1.54, 1.807) is 30.0 Å². The number of alkyl carbamates (subject to hydrolysis) is 1. The van der Waals surface area contributed by atoms with Crippen LogP contribution in [-0.4, -0.2) is 36.1 Å². The van der Waals surface area contributed by atoms with Crippen LogP contribution in [0.15, 0.2) is 72.8 Å². The number of amides is 1. The Balaban J connectivity index is 1.22. The number of nitrogens with one attached hydrogen (secondary N) is 1. The molecule has 2 N–H and O–H groups in total. The Bertz CT molecular complexity index is 1050. The number of thioether (sulfide) groups is 1. The summed E-state index contributed by atoms with van der Waals surface area (Å²) in [5.74, 6) is 0.521. The van der Waals surface area contributed by atoms with E-state index < -0.39 is 12.1 Å². The number of carboxylic acid groups (broad SMARTS) is 1. The van der Waals surface area contributed by atoms with Gasteiger partial charge in [0.25, 0.3) is 0 Å². The summed E-state index contributed by atoms with van der Waals surface area (Å²) in [5.41, 5.74) is 6.03. The number of benzene rings is 3. The Labute approximate surface area is 185 Å². The molecule has 0 aromatic heterocycles. The van der Waals surface area contributed by atoms with E-state index >= 15 is 0 Å². The number of rotatable bonds is 8. The molecule has 0 unspecified atom stereocenters. The molecule has 0 spiro atoms. The highest BCUT2D eigenvalue weighted by molar-refractivity contribution is 7.98. The number of ether oxygens (including phenoxy) is 1. The molecule has 1 aliphatic carbocycles. The fourth-order valence-electron chi connectivity index (χ4n) is 3.86. The molecule has 0 bridgehead atoms. The second-order valence-electron chi connectivity index (χ2n) is 7.31. The Morgan fingerprint density at radius 3 is 2.29 bits per heavy atom. The standard InChI is InChI=1S/C25H23NO4S/c27-24(28)18-7-5-6-17(14-18)16-31-13-12-26-25(29)30-15-23-21-10-3-1-8-19(21)20-9-2-4-11-22(20)23/h1-11,14,23H,12-13,15-16H2,(H,26,29)(H,27,28). The molecule has 0 fully saturated rings. The van der Waals surface area contributed by atoms with E-state index in [0.717, 1.165) is 5.56 Å². The van der Waals surface area contributed by atoms with E-state index in [-0.39, 0.29) is 11.5 Å². The van der Waals surface area contributed by atoms with Crippen molar-refractivity contribution in [1.82, 2.24) is 5.32 Å². The Morgan fingerprint density at radius 2 is 1.61 bits per heavy atom. The molecule has 158 valence electrons. The molecule has 3 aromatic carbocycles. The maximum atomic E-state index is 12.2. The Kier molecular flexibility index (Phi) is 6.57. The summed E-state index contributed by atoms with van der Waals surface area (Å²) in [5, 5.41) is 11.8. The molecule has 1 aliphatic rings. The first kappa shape index (κ1) is 21.0. The molecule has 6 heteroatoms. The van der Waals surface area contributed by atoms with Gasteiger partial charge < -0.3 is 15.2 Å². The van der Waals surface area contributed by atoms with Crippen LogP contribution in [0.1, 0.15) is 33.0 Å². The lowest BCUT2D eigenvalue weighted by molar-refractivity contribution is 0.0696. The van der Waals surface area contributed by atoms with Crippen molar-refractivity contribution in [2.75, 3.05) is 18.9 Å². The first-order chi connectivity index (χ1) is 15.1. The second kappa shape index (κ2) is 9.71. The number of carbonyl (C=O) groups is 2. The highest BCUT2D eigenvalue weighted by Crippen LogP contribution is 2.44. The molecule has 0 heterocycles. The van der Waals surface area contributed by atoms with Gasteiger partial charge in [-0.1, -0.05) is 60.7 Å². The number of hydrogen-bond acceptors (Lipinski definition) is 4. The summed E-state index contributed by atoms with van der Waals surface area (Å²) in [4.78, 5) is 23.2. The molecule has 3 aromatic rings. The van der Waals surface area contributed by atoms with Crippen LogP contribution in [0.25, 0.3) is 11.1 Å². The SMILES string of the molecule is O=C(NCCSCc1cccc(C(=O)O)c1)OCC1c2ccccc2-c2ccccc21. The van der Waals surface area contributed by atoms with Crippen molar-refractivity contribution in [2.24, 2.45) is 0 Å². The van der Waals surface area contributed by atoms with Gasteiger partial charge in [0.05, 0.1) is 5.56 Å². The molecule has 4 rings (SSSR count). The molecular weight excluding hydrogens is 410 g/mol. The van der Waals surface area contributed by atoms with Crippen LogP contribution < -0.4 is 5.32 Å². The summed E-state index contributed by atoms with van der Waals surface area (Å²) >= 11 is 1.63. The summed E-state index contributed by atoms with van der Waals surface area (Å²) < 4.78 is 5.52. The van der Waals surface area contributed by atoms with Gasteiger partial charge in [0, 0.05) is 24.0 Å². The van der Waals surface area contributed by atoms with Crippen LogP contribution >= 0.6 is 11.8 Å². The van der Waals surface area contributed by atoms with Crippen molar-refractivity contribution < 1.29 is 19.4 Å². The zero-order valence-electron chi connectivity index (χ0n) is 16.9. The summed E-state index contributed by atoms with van der Waals surface area (Å²) in [7, 11) is 0. The largest absolute Gasteiger partial charge is 0.478 e. The summed E-state index contributed by atoms with van der Waals surface area (Å²) in [6.07, 6.45) is -0.421. The van der Waals surface area contributed by atoms with Crippen molar-refractivity contribution >= 4 is 23.8 Å². The summed E-state index contributed by atoms with van der Waals surface area (Å²) in [6, 6.07) is 23.4. The zero-order chi connectivity index (χ0) is 21.6. The molecule has 0 atom stereocenters. The number of hydrogen-bond donors (Lipinski definition) is 2. The fourth-order valence-corrected chi connectivity index (χ4v) is 4.66. The number of carbonyl (C=O) groups excluding carboxylic acids is 1. The van der Waals surface area contributed by atoms with Gasteiger partial charge in [0.2, 0.25) is 0 Å². The lowest BCUT2D eigenvalue weighted by Gasteiger charge is -2.14. The third-order valence-corrected chi connectivity index (χ3v) is 6.33. The highest BCUT2D eigenvalue weighted by atomic mass is 32.2. The zero-order valence-corrected chi connectivity index (χ0v) is 17.7. The number of fused-ring (bicyclic) bond motifs is 3. The van der Waals surface area contributed by atoms with Gasteiger partial charge in [0.1, 0.15) is 6.61 Å². The second-order valence-corrected chi connectivity index (χ2v) is 8.42. The van der Waals surface area contributed by atoms with Gasteiger partial charge in [-0.05, 0) is 39.9 Å². The van der Waals surface area contributed by atoms with Crippen molar-refractivity contribution in [3.8, 4) is 11.1 Å². The fraction of sp³-hybridized carbons (Fsp3) is 0.200. The van der Waals surface area contributed by atoms with Gasteiger partial charge in [-0.2, -0.15) is 11.8 Å². The van der Waals surface area contributed by atoms with E-state index in [4.69, 9.17) is 9.84 Å². The molecule has 0 aliphatic heterocycles. The van der Waals surface area contributed by atoms with Crippen molar-refractivity contribution in [3.63, 3.8) is 0 Å². The average molecular weight is 434 g/mol. The van der Waals surface area contributed by atoms with Crippen LogP contribution in [0.2, 0.25) is 0 Å². The van der Waals surface area contributed by atoms with Crippen LogP contribution in [0.4, 0.5) is 4.79 Å². The minimum Gasteiger partial charge on any atom is -0.478 e. The molecule has 31 heavy (non-hydrogen) atoms. The van der Waals surface area contributed by atoms with E-state index in [0.29, 0.717) is 24.7 Å². The molecule has 1 amide bonds. The predicted molar refractivity (Wildman–Crippen MR) is 123 cm³/mol. The van der Waals surface area contributed by atoms with Gasteiger partial charge >= 0.3 is 12.1 Å². The minimum absolute atomic E-state index is 0.0500. The molecule has 0 saturated carbocycles. The normalized spacial score (nSPS) is 12.1. The maximum absolute atomic E-state index is 12.2. The van der Waals surface area contributed by atoms with Gasteiger partial charge in [0.15, 0.2) is 0 Å². The van der Waals surface area contributed by atoms with Crippen molar-refractivity contribution in [1.29, 1.82) is 0 Å². The highest BCUT2D eigenvalue weighted by Gasteiger charge is 2.28. The van der Waals surface area contributed by atoms with Crippen LogP contribution in [-0.2, 0) is 10.5 Å². The first-order valence-electron chi connectivity index (χ1n) is 10.1. The first-order valence-corrected chi connectivity index (χ1v) is 11.3. The average Bonchev–Trinajstić information content (AvgIpc) is 3.11. The molecule has 0 saturated heterocycles. The monoisotopic (exact) mass is 433 g/mol. The smallest absolute Gasteiger partial charge is 0.407 e. The van der Waals surface area contributed by atoms with E-state index in [1.807, 2.05) is 30.3 Å². The van der Waals surface area contributed by atoms with Crippen LogP contribution in [0.3, 0.4) is 0 Å².